The Kier molecular flexibility index (Phi) is 2.36. The minimum atomic E-state index is 0.769. The van der Waals surface area contributed by atoms with Crippen molar-refractivity contribution in [3.8, 4) is 0 Å². The van der Waals surface area contributed by atoms with E-state index in [1.54, 1.807) is 0 Å². The van der Waals surface area contributed by atoms with Crippen molar-refractivity contribution in [2.24, 2.45) is 0 Å². The maximum Gasteiger partial charge on any atom is 0.113 e. The average Bonchev–Trinajstić information content (AvgIpc) is 1.80. The minimum absolute atomic E-state index is 0.769. The van der Waals surface area contributed by atoms with Gasteiger partial charge < -0.3 is 0 Å². The minimum Gasteiger partial charge on any atom is -0.0955 e. The van der Waals surface area contributed by atoms with Gasteiger partial charge in [-0.2, -0.15) is 0 Å². The number of hydrogen-bond acceptors (Lipinski definition) is 0. The fraction of sp³-hybridized carbons (Fsp3) is 0. The fourth-order valence-corrected chi connectivity index (χ4v) is 1.16. The second-order valence-corrected chi connectivity index (χ2v) is 3.38. The van der Waals surface area contributed by atoms with Crippen LogP contribution >= 0.6 is 31.9 Å². The molecule has 3 heteroatoms. The molecular weight excluding hydrogens is 243 g/mol. The second kappa shape index (κ2) is 2.89. The Morgan fingerprint density at radius 2 is 1.78 bits per heavy atom. The molecule has 0 N–H and O–H groups in total. The third-order valence-electron chi connectivity index (χ3n) is 0.944. The van der Waals surface area contributed by atoms with Crippen molar-refractivity contribution in [2.75, 3.05) is 0 Å². The quantitative estimate of drug-likeness (QED) is 0.614. The zero-order valence-corrected chi connectivity index (χ0v) is 7.74. The number of halogens is 2. The van der Waals surface area contributed by atoms with E-state index in [4.69, 9.17) is 7.85 Å². The van der Waals surface area contributed by atoms with Gasteiger partial charge in [0.05, 0.1) is 0 Å². The van der Waals surface area contributed by atoms with Crippen LogP contribution in [0, 0.1) is 0 Å². The van der Waals surface area contributed by atoms with Gasteiger partial charge in [0.15, 0.2) is 0 Å². The second-order valence-electron chi connectivity index (χ2n) is 1.67. The van der Waals surface area contributed by atoms with E-state index in [0.717, 1.165) is 14.4 Å². The van der Waals surface area contributed by atoms with Crippen molar-refractivity contribution in [1.29, 1.82) is 0 Å². The summed E-state index contributed by atoms with van der Waals surface area (Å²) in [6.45, 7) is 0. The molecule has 2 radical (unpaired) electrons. The van der Waals surface area contributed by atoms with Gasteiger partial charge in [0, 0.05) is 8.95 Å². The number of hydrogen-bond donors (Lipinski definition) is 0. The monoisotopic (exact) mass is 244 g/mol. The van der Waals surface area contributed by atoms with Crippen molar-refractivity contribution in [2.45, 2.75) is 0 Å². The van der Waals surface area contributed by atoms with E-state index in [2.05, 4.69) is 31.9 Å². The molecule has 1 aromatic rings. The maximum absolute atomic E-state index is 5.48. The Morgan fingerprint density at radius 1 is 1.11 bits per heavy atom. The first kappa shape index (κ1) is 7.35. The largest absolute Gasteiger partial charge is 0.113 e. The number of benzene rings is 1. The van der Waals surface area contributed by atoms with E-state index in [1.807, 2.05) is 18.2 Å². The summed E-state index contributed by atoms with van der Waals surface area (Å²) >= 11 is 6.65. The van der Waals surface area contributed by atoms with Crippen LogP contribution in [0.3, 0.4) is 0 Å². The van der Waals surface area contributed by atoms with Crippen LogP contribution in [0.2, 0.25) is 0 Å². The first-order valence-electron chi connectivity index (χ1n) is 2.40. The maximum atomic E-state index is 5.48. The molecule has 1 rings (SSSR count). The van der Waals surface area contributed by atoms with Crippen LogP contribution in [0.5, 0.6) is 0 Å². The van der Waals surface area contributed by atoms with Crippen LogP contribution < -0.4 is 5.46 Å². The van der Waals surface area contributed by atoms with Gasteiger partial charge in [-0.3, -0.25) is 0 Å². The van der Waals surface area contributed by atoms with Crippen LogP contribution in [0.25, 0.3) is 0 Å². The Morgan fingerprint density at radius 3 is 2.22 bits per heavy atom. The molecule has 0 aliphatic carbocycles. The van der Waals surface area contributed by atoms with Crippen LogP contribution in [-0.2, 0) is 0 Å². The summed E-state index contributed by atoms with van der Waals surface area (Å²) in [5, 5.41) is 0. The van der Waals surface area contributed by atoms with Crippen molar-refractivity contribution in [3.63, 3.8) is 0 Å². The van der Waals surface area contributed by atoms with Crippen LogP contribution in [0.1, 0.15) is 0 Å². The van der Waals surface area contributed by atoms with E-state index in [9.17, 15) is 0 Å². The summed E-state index contributed by atoms with van der Waals surface area (Å²) in [4.78, 5) is 0. The Hall–Kier alpha value is 0.245. The molecule has 0 saturated carbocycles. The van der Waals surface area contributed by atoms with Gasteiger partial charge in [0.25, 0.3) is 0 Å². The van der Waals surface area contributed by atoms with Gasteiger partial charge in [-0.1, -0.05) is 17.6 Å². The van der Waals surface area contributed by atoms with E-state index < -0.39 is 0 Å². The Labute approximate surface area is 72.3 Å². The molecule has 0 fully saturated rings. The SMILES string of the molecule is [B]c1ccc(Br)c(Br)c1. The summed E-state index contributed by atoms with van der Waals surface area (Å²) in [7, 11) is 5.48. The van der Waals surface area contributed by atoms with Crippen molar-refractivity contribution >= 4 is 45.2 Å². The van der Waals surface area contributed by atoms with Crippen molar-refractivity contribution in [1.82, 2.24) is 0 Å². The molecule has 0 atom stereocenters. The molecule has 0 aromatic heterocycles. The first-order chi connectivity index (χ1) is 4.20. The topological polar surface area (TPSA) is 0 Å². The lowest BCUT2D eigenvalue weighted by Gasteiger charge is -1.95. The standard InChI is InChI=1S/C6H3BBr2/c7-4-1-2-5(8)6(9)3-4/h1-3H. The molecule has 0 heterocycles. The highest BCUT2D eigenvalue weighted by Crippen LogP contribution is 2.19. The lowest BCUT2D eigenvalue weighted by Crippen LogP contribution is -1.99. The van der Waals surface area contributed by atoms with Gasteiger partial charge in [-0.05, 0) is 37.9 Å². The molecule has 0 nitrogen and oxygen atoms in total. The van der Waals surface area contributed by atoms with E-state index in [1.165, 1.54) is 0 Å². The van der Waals surface area contributed by atoms with Gasteiger partial charge in [0.1, 0.15) is 7.85 Å². The normalized spacial score (nSPS) is 9.56. The molecule has 0 bridgehead atoms. The predicted octanol–water partition coefficient (Wildman–Crippen LogP) is 2.01. The fourth-order valence-electron chi connectivity index (χ4n) is 0.512. The summed E-state index contributed by atoms with van der Waals surface area (Å²) in [6.07, 6.45) is 0. The van der Waals surface area contributed by atoms with Gasteiger partial charge >= 0.3 is 0 Å². The molecule has 0 aliphatic heterocycles. The smallest absolute Gasteiger partial charge is 0.0955 e. The van der Waals surface area contributed by atoms with Gasteiger partial charge in [0.2, 0.25) is 0 Å². The molecule has 9 heavy (non-hydrogen) atoms. The molecule has 0 aliphatic rings. The molecule has 0 amide bonds. The molecule has 0 spiro atoms. The average molecular weight is 246 g/mol. The molecule has 0 saturated heterocycles. The van der Waals surface area contributed by atoms with Crippen LogP contribution in [0.4, 0.5) is 0 Å². The van der Waals surface area contributed by atoms with Crippen LogP contribution in [0.15, 0.2) is 27.1 Å². The highest BCUT2D eigenvalue weighted by atomic mass is 79.9. The third kappa shape index (κ3) is 1.83. The highest BCUT2D eigenvalue weighted by Gasteiger charge is 1.92. The van der Waals surface area contributed by atoms with Crippen molar-refractivity contribution < 1.29 is 0 Å². The van der Waals surface area contributed by atoms with E-state index >= 15 is 0 Å². The highest BCUT2D eigenvalue weighted by molar-refractivity contribution is 9.13. The molecule has 1 aromatic carbocycles. The summed E-state index contributed by atoms with van der Waals surface area (Å²) in [6, 6.07) is 5.60. The van der Waals surface area contributed by atoms with Crippen LogP contribution in [-0.4, -0.2) is 7.85 Å². The number of rotatable bonds is 0. The summed E-state index contributed by atoms with van der Waals surface area (Å²) in [5.74, 6) is 0. The molecular formula is C6H3BBr2. The summed E-state index contributed by atoms with van der Waals surface area (Å²) < 4.78 is 2.01. The molecule has 0 unspecified atom stereocenters. The Bertz CT molecular complexity index is 222. The zero-order valence-electron chi connectivity index (χ0n) is 4.57. The lowest BCUT2D eigenvalue weighted by atomic mass is 9.97. The molecule has 44 valence electrons. The zero-order chi connectivity index (χ0) is 6.85. The summed E-state index contributed by atoms with van der Waals surface area (Å²) in [5.41, 5.74) is 0.769. The first-order valence-corrected chi connectivity index (χ1v) is 3.99. The van der Waals surface area contributed by atoms with Gasteiger partial charge in [-0.25, -0.2) is 0 Å². The van der Waals surface area contributed by atoms with E-state index in [0.29, 0.717) is 0 Å². The van der Waals surface area contributed by atoms with Crippen molar-refractivity contribution in [3.05, 3.63) is 27.1 Å². The third-order valence-corrected chi connectivity index (χ3v) is 2.82. The van der Waals surface area contributed by atoms with Gasteiger partial charge in [-0.15, -0.1) is 0 Å². The lowest BCUT2D eigenvalue weighted by molar-refractivity contribution is 1.63. The Balaban J connectivity index is 3.17. The van der Waals surface area contributed by atoms with E-state index in [-0.39, 0.29) is 0 Å². The predicted molar refractivity (Wildman–Crippen MR) is 47.2 cm³/mol.